The number of aromatic nitrogens is 1. The van der Waals surface area contributed by atoms with Gasteiger partial charge in [0, 0.05) is 19.1 Å². The summed E-state index contributed by atoms with van der Waals surface area (Å²) in [5.74, 6) is -0.211. The molecule has 1 atom stereocenters. The lowest BCUT2D eigenvalue weighted by Crippen LogP contribution is -2.49. The van der Waals surface area contributed by atoms with Gasteiger partial charge in [-0.1, -0.05) is 0 Å². The Morgan fingerprint density at radius 1 is 1.17 bits per heavy atom. The van der Waals surface area contributed by atoms with Crippen LogP contribution in [0.25, 0.3) is 0 Å². The van der Waals surface area contributed by atoms with E-state index >= 15 is 0 Å². The van der Waals surface area contributed by atoms with E-state index in [-0.39, 0.29) is 17.2 Å². The Bertz CT molecular complexity index is 612. The molecule has 2 saturated heterocycles. The summed E-state index contributed by atoms with van der Waals surface area (Å²) >= 11 is 0. The van der Waals surface area contributed by atoms with Crippen LogP contribution in [-0.4, -0.2) is 52.9 Å². The van der Waals surface area contributed by atoms with Crippen molar-refractivity contribution in [3.8, 4) is 0 Å². The van der Waals surface area contributed by atoms with Crippen molar-refractivity contribution in [3.63, 3.8) is 0 Å². The molecule has 2 fully saturated rings. The highest BCUT2D eigenvalue weighted by atomic mass is 19.4. The van der Waals surface area contributed by atoms with Crippen LogP contribution in [0.4, 0.5) is 13.2 Å². The van der Waals surface area contributed by atoms with Gasteiger partial charge < -0.3 is 4.90 Å². The predicted octanol–water partition coefficient (Wildman–Crippen LogP) is 3.11. The Balaban J connectivity index is 1.73. The molecular weight excluding hydrogens is 319 g/mol. The van der Waals surface area contributed by atoms with Crippen LogP contribution in [0.5, 0.6) is 0 Å². The summed E-state index contributed by atoms with van der Waals surface area (Å²) in [4.78, 5) is 20.5. The number of nitrogens with zero attached hydrogens (tertiary/aromatic N) is 3. The Morgan fingerprint density at radius 3 is 2.50 bits per heavy atom. The summed E-state index contributed by atoms with van der Waals surface area (Å²) in [6.07, 6.45) is -0.0783. The smallest absolute Gasteiger partial charge is 0.337 e. The SMILES string of the molecule is Cc1nc(C(F)(F)F)ccc1C(=O)N1CCC[C@H](N2CCCC2)C1. The van der Waals surface area contributed by atoms with Crippen molar-refractivity contribution < 1.29 is 18.0 Å². The van der Waals surface area contributed by atoms with Crippen molar-refractivity contribution in [2.45, 2.75) is 44.8 Å². The second-order valence-electron chi connectivity index (χ2n) is 6.62. The molecule has 2 aliphatic heterocycles. The van der Waals surface area contributed by atoms with E-state index in [2.05, 4.69) is 9.88 Å². The molecule has 1 aromatic heterocycles. The van der Waals surface area contributed by atoms with Crippen LogP contribution in [0.2, 0.25) is 0 Å². The van der Waals surface area contributed by atoms with Crippen LogP contribution in [0, 0.1) is 6.92 Å². The van der Waals surface area contributed by atoms with Gasteiger partial charge in [-0.05, 0) is 57.8 Å². The van der Waals surface area contributed by atoms with Crippen LogP contribution in [0.3, 0.4) is 0 Å². The second kappa shape index (κ2) is 6.70. The molecule has 132 valence electrons. The average Bonchev–Trinajstić information content (AvgIpc) is 3.08. The highest BCUT2D eigenvalue weighted by molar-refractivity contribution is 5.95. The normalized spacial score (nSPS) is 22.8. The van der Waals surface area contributed by atoms with E-state index in [4.69, 9.17) is 0 Å². The van der Waals surface area contributed by atoms with Crippen LogP contribution >= 0.6 is 0 Å². The number of alkyl halides is 3. The standard InChI is InChI=1S/C17H22F3N3O/c1-12-14(6-7-15(21-12)17(18,19)20)16(24)23-10-4-5-13(11-23)22-8-2-3-9-22/h6-7,13H,2-5,8-11H2,1H3/t13-/m0/s1. The molecule has 0 aliphatic carbocycles. The average molecular weight is 341 g/mol. The fourth-order valence-corrected chi connectivity index (χ4v) is 3.66. The Labute approximate surface area is 139 Å². The zero-order valence-electron chi connectivity index (χ0n) is 13.8. The number of hydrogen-bond acceptors (Lipinski definition) is 3. The molecule has 4 nitrogen and oxygen atoms in total. The van der Waals surface area contributed by atoms with Gasteiger partial charge in [0.05, 0.1) is 11.3 Å². The van der Waals surface area contributed by atoms with Gasteiger partial charge in [-0.2, -0.15) is 13.2 Å². The maximum atomic E-state index is 12.7. The molecular formula is C17H22F3N3O. The maximum absolute atomic E-state index is 12.7. The van der Waals surface area contributed by atoms with Gasteiger partial charge in [-0.3, -0.25) is 9.69 Å². The first-order valence-corrected chi connectivity index (χ1v) is 8.44. The lowest BCUT2D eigenvalue weighted by atomic mass is 10.0. The van der Waals surface area contributed by atoms with Gasteiger partial charge in [0.2, 0.25) is 0 Å². The lowest BCUT2D eigenvalue weighted by Gasteiger charge is -2.37. The number of halogens is 3. The molecule has 0 bridgehead atoms. The first-order chi connectivity index (χ1) is 11.4. The number of amides is 1. The van der Waals surface area contributed by atoms with Crippen LogP contribution in [-0.2, 0) is 6.18 Å². The molecule has 0 spiro atoms. The summed E-state index contributed by atoms with van der Waals surface area (Å²) in [5, 5.41) is 0. The highest BCUT2D eigenvalue weighted by Crippen LogP contribution is 2.29. The number of piperidine rings is 1. The Hall–Kier alpha value is -1.63. The Kier molecular flexibility index (Phi) is 4.80. The maximum Gasteiger partial charge on any atom is 0.433 e. The Morgan fingerprint density at radius 2 is 1.88 bits per heavy atom. The van der Waals surface area contributed by atoms with E-state index in [0.717, 1.165) is 32.0 Å². The van der Waals surface area contributed by atoms with E-state index in [1.807, 2.05) is 0 Å². The number of likely N-dealkylation sites (tertiary alicyclic amines) is 2. The minimum absolute atomic E-state index is 0.137. The third-order valence-electron chi connectivity index (χ3n) is 4.95. The van der Waals surface area contributed by atoms with Gasteiger partial charge >= 0.3 is 6.18 Å². The summed E-state index contributed by atoms with van der Waals surface area (Å²) in [5.41, 5.74) is -0.548. The topological polar surface area (TPSA) is 36.4 Å². The molecule has 0 N–H and O–H groups in total. The fraction of sp³-hybridized carbons (Fsp3) is 0.647. The zero-order valence-corrected chi connectivity index (χ0v) is 13.8. The van der Waals surface area contributed by atoms with Crippen molar-refractivity contribution in [1.29, 1.82) is 0 Å². The van der Waals surface area contributed by atoms with Crippen molar-refractivity contribution in [3.05, 3.63) is 29.1 Å². The lowest BCUT2D eigenvalue weighted by molar-refractivity contribution is -0.141. The first-order valence-electron chi connectivity index (χ1n) is 8.44. The molecule has 1 amide bonds. The molecule has 2 aliphatic rings. The molecule has 0 radical (unpaired) electrons. The molecule has 3 heterocycles. The third-order valence-corrected chi connectivity index (χ3v) is 4.95. The van der Waals surface area contributed by atoms with Gasteiger partial charge in [0.25, 0.3) is 5.91 Å². The largest absolute Gasteiger partial charge is 0.433 e. The quantitative estimate of drug-likeness (QED) is 0.829. The zero-order chi connectivity index (χ0) is 17.3. The number of hydrogen-bond donors (Lipinski definition) is 0. The molecule has 0 unspecified atom stereocenters. The van der Waals surface area contributed by atoms with E-state index < -0.39 is 11.9 Å². The fourth-order valence-electron chi connectivity index (χ4n) is 3.66. The molecule has 1 aromatic rings. The van der Waals surface area contributed by atoms with Gasteiger partial charge in [-0.15, -0.1) is 0 Å². The van der Waals surface area contributed by atoms with Crippen LogP contribution in [0.15, 0.2) is 12.1 Å². The first kappa shape index (κ1) is 17.2. The molecule has 0 saturated carbocycles. The van der Waals surface area contributed by atoms with Crippen LogP contribution in [0.1, 0.15) is 47.4 Å². The highest BCUT2D eigenvalue weighted by Gasteiger charge is 2.34. The van der Waals surface area contributed by atoms with Gasteiger partial charge in [-0.25, -0.2) is 4.98 Å². The monoisotopic (exact) mass is 341 g/mol. The van der Waals surface area contributed by atoms with E-state index in [0.29, 0.717) is 19.1 Å². The third kappa shape index (κ3) is 3.55. The summed E-state index contributed by atoms with van der Waals surface area (Å²) < 4.78 is 38.1. The summed E-state index contributed by atoms with van der Waals surface area (Å²) in [6, 6.07) is 2.52. The number of aryl methyl sites for hydroxylation is 1. The van der Waals surface area contributed by atoms with Crippen molar-refractivity contribution in [2.75, 3.05) is 26.2 Å². The minimum Gasteiger partial charge on any atom is -0.337 e. The molecule has 0 aromatic carbocycles. The van der Waals surface area contributed by atoms with Crippen molar-refractivity contribution >= 4 is 5.91 Å². The predicted molar refractivity (Wildman–Crippen MR) is 83.7 cm³/mol. The second-order valence-corrected chi connectivity index (χ2v) is 6.62. The van der Waals surface area contributed by atoms with Crippen molar-refractivity contribution in [1.82, 2.24) is 14.8 Å². The minimum atomic E-state index is -4.49. The number of carbonyl (C=O) groups is 1. The summed E-state index contributed by atoms with van der Waals surface area (Å²) in [6.45, 7) is 4.93. The number of pyridine rings is 1. The van der Waals surface area contributed by atoms with Gasteiger partial charge in [0.1, 0.15) is 5.69 Å². The summed E-state index contributed by atoms with van der Waals surface area (Å²) in [7, 11) is 0. The van der Waals surface area contributed by atoms with E-state index in [1.165, 1.54) is 25.8 Å². The van der Waals surface area contributed by atoms with E-state index in [1.54, 1.807) is 4.90 Å². The molecule has 24 heavy (non-hydrogen) atoms. The van der Waals surface area contributed by atoms with Crippen LogP contribution < -0.4 is 0 Å². The molecule has 3 rings (SSSR count). The molecule has 7 heteroatoms. The van der Waals surface area contributed by atoms with Crippen molar-refractivity contribution in [2.24, 2.45) is 0 Å². The van der Waals surface area contributed by atoms with E-state index in [9.17, 15) is 18.0 Å². The van der Waals surface area contributed by atoms with Gasteiger partial charge in [0.15, 0.2) is 0 Å². The number of carbonyl (C=O) groups excluding carboxylic acids is 1. The number of rotatable bonds is 2.